The fraction of sp³-hybridized carbons (Fsp3) is 0.0455. The number of furan rings is 1. The summed E-state index contributed by atoms with van der Waals surface area (Å²) in [6.07, 6.45) is 3.43. The molecule has 1 aliphatic heterocycles. The Kier molecular flexibility index (Phi) is 4.89. The number of benzene rings is 2. The molecule has 0 bridgehead atoms. The molecule has 3 nitrogen and oxygen atoms in total. The first-order valence-electron chi connectivity index (χ1n) is 8.27. The van der Waals surface area contributed by atoms with Crippen LogP contribution in [0.3, 0.4) is 0 Å². The highest BCUT2D eigenvalue weighted by molar-refractivity contribution is 9.10. The van der Waals surface area contributed by atoms with E-state index in [-0.39, 0.29) is 5.97 Å². The summed E-state index contributed by atoms with van der Waals surface area (Å²) in [5.74, 6) is 1.48. The van der Waals surface area contributed by atoms with Crippen molar-refractivity contribution in [3.8, 4) is 11.3 Å². The van der Waals surface area contributed by atoms with Crippen LogP contribution in [0.4, 0.5) is 0 Å². The van der Waals surface area contributed by atoms with Gasteiger partial charge < -0.3 is 9.15 Å². The smallest absolute Gasteiger partial charge is 0.343 e. The van der Waals surface area contributed by atoms with Crippen molar-refractivity contribution >= 4 is 49.7 Å². The van der Waals surface area contributed by atoms with Crippen LogP contribution >= 0.6 is 31.9 Å². The number of hydrogen-bond acceptors (Lipinski definition) is 3. The first-order valence-corrected chi connectivity index (χ1v) is 9.86. The van der Waals surface area contributed by atoms with Crippen molar-refractivity contribution in [3.63, 3.8) is 0 Å². The Bertz CT molecular complexity index is 1090. The predicted molar refractivity (Wildman–Crippen MR) is 113 cm³/mol. The highest BCUT2D eigenvalue weighted by Gasteiger charge is 2.22. The average Bonchev–Trinajstić information content (AvgIpc) is 3.23. The van der Waals surface area contributed by atoms with Gasteiger partial charge in [0, 0.05) is 20.1 Å². The number of esters is 1. The monoisotopic (exact) mass is 484 g/mol. The van der Waals surface area contributed by atoms with Gasteiger partial charge in [-0.2, -0.15) is 0 Å². The van der Waals surface area contributed by atoms with E-state index < -0.39 is 0 Å². The van der Waals surface area contributed by atoms with Crippen LogP contribution in [-0.4, -0.2) is 5.97 Å². The molecule has 0 amide bonds. The van der Waals surface area contributed by atoms with Crippen LogP contribution in [-0.2, 0) is 9.53 Å². The van der Waals surface area contributed by atoms with Gasteiger partial charge in [0.05, 0.1) is 5.57 Å². The normalized spacial score (nSPS) is 15.1. The van der Waals surface area contributed by atoms with Crippen molar-refractivity contribution < 1.29 is 13.9 Å². The lowest BCUT2D eigenvalue weighted by Crippen LogP contribution is -1.96. The maximum Gasteiger partial charge on any atom is 0.343 e. The zero-order valence-electron chi connectivity index (χ0n) is 14.3. The minimum Gasteiger partial charge on any atom is -0.457 e. The van der Waals surface area contributed by atoms with Gasteiger partial charge in [0.25, 0.3) is 0 Å². The lowest BCUT2D eigenvalue weighted by atomic mass is 10.1. The Morgan fingerprint density at radius 3 is 2.48 bits per heavy atom. The van der Waals surface area contributed by atoms with Crippen molar-refractivity contribution in [2.45, 2.75) is 6.92 Å². The second kappa shape index (κ2) is 7.33. The van der Waals surface area contributed by atoms with E-state index in [1.54, 1.807) is 12.2 Å². The maximum atomic E-state index is 12.2. The molecule has 27 heavy (non-hydrogen) atoms. The first-order chi connectivity index (χ1) is 13.0. The van der Waals surface area contributed by atoms with E-state index in [0.717, 1.165) is 25.8 Å². The molecule has 0 aliphatic carbocycles. The molecule has 0 atom stereocenters. The molecule has 0 N–H and O–H groups in total. The third-order valence-corrected chi connectivity index (χ3v) is 5.35. The fourth-order valence-electron chi connectivity index (χ4n) is 2.79. The number of rotatable bonds is 3. The molecule has 0 fully saturated rings. The number of carbonyl (C=O) groups excluding carboxylic acids is 1. The zero-order valence-corrected chi connectivity index (χ0v) is 17.5. The van der Waals surface area contributed by atoms with Gasteiger partial charge >= 0.3 is 5.97 Å². The summed E-state index contributed by atoms with van der Waals surface area (Å²) in [4.78, 5) is 12.2. The Hall–Kier alpha value is -2.37. The van der Waals surface area contributed by atoms with Crippen molar-refractivity contribution in [1.82, 2.24) is 0 Å². The van der Waals surface area contributed by atoms with Crippen LogP contribution in [0.15, 0.2) is 79.6 Å². The minimum atomic E-state index is -0.387. The largest absolute Gasteiger partial charge is 0.457 e. The van der Waals surface area contributed by atoms with E-state index in [4.69, 9.17) is 9.15 Å². The zero-order chi connectivity index (χ0) is 19.0. The molecule has 1 aromatic heterocycles. The highest BCUT2D eigenvalue weighted by Crippen LogP contribution is 2.32. The van der Waals surface area contributed by atoms with Gasteiger partial charge in [-0.3, -0.25) is 0 Å². The van der Waals surface area contributed by atoms with Crippen LogP contribution in [0.2, 0.25) is 0 Å². The molecule has 0 saturated carbocycles. The highest BCUT2D eigenvalue weighted by atomic mass is 79.9. The fourth-order valence-corrected chi connectivity index (χ4v) is 3.75. The summed E-state index contributed by atoms with van der Waals surface area (Å²) in [6, 6.07) is 17.4. The molecular weight excluding hydrogens is 472 g/mol. The first kappa shape index (κ1) is 18.0. The molecule has 134 valence electrons. The summed E-state index contributed by atoms with van der Waals surface area (Å²) in [5, 5.41) is 0. The summed E-state index contributed by atoms with van der Waals surface area (Å²) < 4.78 is 13.2. The van der Waals surface area contributed by atoms with Gasteiger partial charge in [0.1, 0.15) is 17.3 Å². The van der Waals surface area contributed by atoms with Crippen LogP contribution in [0, 0.1) is 6.92 Å². The number of hydrogen-bond donors (Lipinski definition) is 0. The molecular formula is C22H14Br2O3. The summed E-state index contributed by atoms with van der Waals surface area (Å²) in [6.45, 7) is 2.04. The number of halogens is 2. The number of cyclic esters (lactones) is 1. The van der Waals surface area contributed by atoms with E-state index in [1.807, 2.05) is 61.5 Å². The van der Waals surface area contributed by atoms with Crippen LogP contribution in [0.5, 0.6) is 0 Å². The van der Waals surface area contributed by atoms with E-state index >= 15 is 0 Å². The Morgan fingerprint density at radius 2 is 1.74 bits per heavy atom. The third kappa shape index (κ3) is 3.84. The van der Waals surface area contributed by atoms with Gasteiger partial charge in [0.15, 0.2) is 0 Å². The van der Waals surface area contributed by atoms with Gasteiger partial charge in [-0.15, -0.1) is 0 Å². The summed E-state index contributed by atoms with van der Waals surface area (Å²) in [7, 11) is 0. The minimum absolute atomic E-state index is 0.387. The molecule has 1 aliphatic rings. The summed E-state index contributed by atoms with van der Waals surface area (Å²) >= 11 is 6.97. The number of ether oxygens (including phenoxy) is 1. The Balaban J connectivity index is 1.63. The SMILES string of the molecule is Cc1ccc(-c2ccc(/C=C3/C=C(c4ccc(Br)cc4)OC3=O)o2)c(Br)c1. The Morgan fingerprint density at radius 1 is 0.963 bits per heavy atom. The third-order valence-electron chi connectivity index (χ3n) is 4.17. The predicted octanol–water partition coefficient (Wildman–Crippen LogP) is 6.76. The summed E-state index contributed by atoms with van der Waals surface area (Å²) in [5.41, 5.74) is 3.43. The van der Waals surface area contributed by atoms with Crippen LogP contribution in [0.1, 0.15) is 16.9 Å². The molecule has 0 spiro atoms. The molecule has 0 radical (unpaired) electrons. The molecule has 2 heterocycles. The van der Waals surface area contributed by atoms with Crippen LogP contribution in [0.25, 0.3) is 23.2 Å². The van der Waals surface area contributed by atoms with Crippen molar-refractivity contribution in [2.75, 3.05) is 0 Å². The second-order valence-electron chi connectivity index (χ2n) is 6.19. The van der Waals surface area contributed by atoms with E-state index in [0.29, 0.717) is 17.1 Å². The molecule has 4 rings (SSSR count). The van der Waals surface area contributed by atoms with Gasteiger partial charge in [0.2, 0.25) is 0 Å². The quantitative estimate of drug-likeness (QED) is 0.304. The molecule has 2 aromatic carbocycles. The van der Waals surface area contributed by atoms with Crippen molar-refractivity contribution in [3.05, 3.63) is 92.1 Å². The lowest BCUT2D eigenvalue weighted by molar-refractivity contribution is -0.130. The second-order valence-corrected chi connectivity index (χ2v) is 7.96. The van der Waals surface area contributed by atoms with E-state index in [2.05, 4.69) is 31.9 Å². The molecule has 0 saturated heterocycles. The van der Waals surface area contributed by atoms with Crippen molar-refractivity contribution in [2.24, 2.45) is 0 Å². The van der Waals surface area contributed by atoms with Crippen molar-refractivity contribution in [1.29, 1.82) is 0 Å². The van der Waals surface area contributed by atoms with Gasteiger partial charge in [-0.05, 0) is 61.0 Å². The Labute approximate surface area is 173 Å². The molecule has 3 aromatic rings. The topological polar surface area (TPSA) is 39.4 Å². The maximum absolute atomic E-state index is 12.2. The number of carbonyl (C=O) groups is 1. The van der Waals surface area contributed by atoms with Crippen LogP contribution < -0.4 is 0 Å². The molecule has 5 heteroatoms. The van der Waals surface area contributed by atoms with E-state index in [1.165, 1.54) is 5.56 Å². The lowest BCUT2D eigenvalue weighted by Gasteiger charge is -2.02. The van der Waals surface area contributed by atoms with Gasteiger partial charge in [-0.1, -0.05) is 50.1 Å². The average molecular weight is 486 g/mol. The van der Waals surface area contributed by atoms with E-state index in [9.17, 15) is 4.79 Å². The molecule has 0 unspecified atom stereocenters. The standard InChI is InChI=1S/C22H14Br2O3/c1-13-2-8-18(19(24)10-13)20-9-7-17(26-20)11-15-12-21(27-22(15)25)14-3-5-16(23)6-4-14/h2-12H,1H3/b15-11-. The van der Waals surface area contributed by atoms with Gasteiger partial charge in [-0.25, -0.2) is 4.79 Å². The number of aryl methyl sites for hydroxylation is 1.